The quantitative estimate of drug-likeness (QED) is 0.414. The van der Waals surface area contributed by atoms with Crippen molar-refractivity contribution in [2.24, 2.45) is 0 Å². The van der Waals surface area contributed by atoms with E-state index in [2.05, 4.69) is 10.3 Å². The maximum absolute atomic E-state index is 12.8. The lowest BCUT2D eigenvalue weighted by Crippen LogP contribution is -2.27. The first-order chi connectivity index (χ1) is 14.0. The van der Waals surface area contributed by atoms with E-state index in [1.807, 2.05) is 54.7 Å². The second-order valence-electron chi connectivity index (χ2n) is 6.50. The minimum atomic E-state index is -0.253. The van der Waals surface area contributed by atoms with Crippen LogP contribution in [0.5, 0.6) is 0 Å². The van der Waals surface area contributed by atoms with E-state index in [0.29, 0.717) is 39.6 Å². The zero-order chi connectivity index (χ0) is 20.4. The molecule has 0 unspecified atom stereocenters. The van der Waals surface area contributed by atoms with Crippen LogP contribution in [-0.2, 0) is 6.42 Å². The number of hydrogen-bond acceptors (Lipinski definition) is 2. The molecular weight excluding hydrogens is 429 g/mol. The highest BCUT2D eigenvalue weighted by atomic mass is 35.5. The van der Waals surface area contributed by atoms with Crippen LogP contribution < -0.4 is 5.32 Å². The number of pyridine rings is 1. The Morgan fingerprint density at radius 1 is 0.966 bits per heavy atom. The monoisotopic (exact) mass is 443 g/mol. The number of nitrogens with one attached hydrogen (secondary N) is 1. The van der Waals surface area contributed by atoms with Gasteiger partial charge in [-0.2, -0.15) is 0 Å². The van der Waals surface area contributed by atoms with E-state index >= 15 is 0 Å². The molecule has 2 aromatic heterocycles. The molecule has 1 amide bonds. The molecule has 0 saturated carbocycles. The van der Waals surface area contributed by atoms with Gasteiger partial charge in [0.15, 0.2) is 0 Å². The van der Waals surface area contributed by atoms with E-state index in [9.17, 15) is 4.79 Å². The standard InChI is InChI=1S/C22H16Cl3N3O/c23-15-6-4-14(5-7-15)10-11-26-22(29)21-27-20(19-3-1-2-12-28(19)21)17-9-8-16(24)13-18(17)25/h1-9,12-13H,10-11H2,(H,26,29). The molecule has 4 aromatic rings. The molecule has 2 aromatic carbocycles. The Labute approximate surface area is 183 Å². The molecule has 0 aliphatic rings. The molecule has 0 bridgehead atoms. The lowest BCUT2D eigenvalue weighted by molar-refractivity contribution is 0.0943. The third-order valence-electron chi connectivity index (χ3n) is 4.55. The van der Waals surface area contributed by atoms with Crippen molar-refractivity contribution in [3.8, 4) is 11.3 Å². The van der Waals surface area contributed by atoms with Crippen LogP contribution in [0, 0.1) is 0 Å². The molecule has 4 rings (SSSR count). The number of aromatic nitrogens is 2. The Morgan fingerprint density at radius 2 is 1.72 bits per heavy atom. The fourth-order valence-electron chi connectivity index (χ4n) is 3.13. The second kappa shape index (κ2) is 8.46. The highest BCUT2D eigenvalue weighted by molar-refractivity contribution is 6.36. The molecule has 1 N–H and O–H groups in total. The zero-order valence-electron chi connectivity index (χ0n) is 15.2. The molecule has 0 spiro atoms. The molecule has 2 heterocycles. The number of nitrogens with zero attached hydrogens (tertiary/aromatic N) is 2. The molecule has 0 radical (unpaired) electrons. The van der Waals surface area contributed by atoms with Gasteiger partial charge in [-0.15, -0.1) is 0 Å². The summed E-state index contributed by atoms with van der Waals surface area (Å²) < 4.78 is 1.76. The number of halogens is 3. The highest BCUT2D eigenvalue weighted by Crippen LogP contribution is 2.32. The highest BCUT2D eigenvalue weighted by Gasteiger charge is 2.19. The number of amides is 1. The average Bonchev–Trinajstić information content (AvgIpc) is 3.09. The molecular formula is C22H16Cl3N3O. The van der Waals surface area contributed by atoms with Gasteiger partial charge in [-0.1, -0.05) is 53.0 Å². The largest absolute Gasteiger partial charge is 0.349 e. The number of fused-ring (bicyclic) bond motifs is 1. The normalized spacial score (nSPS) is 11.0. The van der Waals surface area contributed by atoms with Crippen molar-refractivity contribution in [3.05, 3.63) is 93.3 Å². The Morgan fingerprint density at radius 3 is 2.48 bits per heavy atom. The molecule has 0 fully saturated rings. The van der Waals surface area contributed by atoms with E-state index in [1.165, 1.54) is 0 Å². The summed E-state index contributed by atoms with van der Waals surface area (Å²) in [7, 11) is 0. The number of hydrogen-bond donors (Lipinski definition) is 1. The van der Waals surface area contributed by atoms with Crippen molar-refractivity contribution >= 4 is 46.2 Å². The number of benzene rings is 2. The van der Waals surface area contributed by atoms with Gasteiger partial charge in [-0.05, 0) is 54.4 Å². The van der Waals surface area contributed by atoms with Crippen molar-refractivity contribution < 1.29 is 4.79 Å². The smallest absolute Gasteiger partial charge is 0.287 e. The summed E-state index contributed by atoms with van der Waals surface area (Å²) in [4.78, 5) is 17.4. The van der Waals surface area contributed by atoms with Crippen LogP contribution in [-0.4, -0.2) is 21.8 Å². The number of imidazole rings is 1. The second-order valence-corrected chi connectivity index (χ2v) is 7.78. The zero-order valence-corrected chi connectivity index (χ0v) is 17.5. The van der Waals surface area contributed by atoms with Gasteiger partial charge in [0.1, 0.15) is 0 Å². The summed E-state index contributed by atoms with van der Waals surface area (Å²) in [6.07, 6.45) is 2.51. The van der Waals surface area contributed by atoms with Crippen LogP contribution in [0.3, 0.4) is 0 Å². The molecule has 0 saturated heterocycles. The molecule has 146 valence electrons. The summed E-state index contributed by atoms with van der Waals surface area (Å²) in [6.45, 7) is 0.485. The van der Waals surface area contributed by atoms with Crippen LogP contribution >= 0.6 is 34.8 Å². The minimum Gasteiger partial charge on any atom is -0.349 e. The third-order valence-corrected chi connectivity index (χ3v) is 5.35. The lowest BCUT2D eigenvalue weighted by atomic mass is 10.1. The van der Waals surface area contributed by atoms with Crippen molar-refractivity contribution in [3.63, 3.8) is 0 Å². The molecule has 0 atom stereocenters. The van der Waals surface area contributed by atoms with E-state index < -0.39 is 0 Å². The third kappa shape index (κ3) is 4.25. The van der Waals surface area contributed by atoms with Crippen molar-refractivity contribution in [2.45, 2.75) is 6.42 Å². The molecule has 0 aliphatic carbocycles. The van der Waals surface area contributed by atoms with Gasteiger partial charge in [-0.3, -0.25) is 9.20 Å². The summed E-state index contributed by atoms with van der Waals surface area (Å²) in [5, 5.41) is 4.65. The van der Waals surface area contributed by atoms with Crippen molar-refractivity contribution in [1.29, 1.82) is 0 Å². The van der Waals surface area contributed by atoms with Crippen LogP contribution in [0.15, 0.2) is 66.9 Å². The van der Waals surface area contributed by atoms with E-state index in [-0.39, 0.29) is 5.91 Å². The lowest BCUT2D eigenvalue weighted by Gasteiger charge is -2.05. The predicted molar refractivity (Wildman–Crippen MR) is 118 cm³/mol. The van der Waals surface area contributed by atoms with Crippen molar-refractivity contribution in [2.75, 3.05) is 6.54 Å². The molecule has 0 aliphatic heterocycles. The first-order valence-corrected chi connectivity index (χ1v) is 10.1. The fourth-order valence-corrected chi connectivity index (χ4v) is 3.75. The average molecular weight is 445 g/mol. The van der Waals surface area contributed by atoms with Gasteiger partial charge in [0.05, 0.1) is 16.2 Å². The Balaban J connectivity index is 1.60. The number of carbonyl (C=O) groups is 1. The predicted octanol–water partition coefficient (Wildman–Crippen LogP) is 5.93. The van der Waals surface area contributed by atoms with E-state index in [4.69, 9.17) is 34.8 Å². The van der Waals surface area contributed by atoms with Gasteiger partial charge >= 0.3 is 0 Å². The minimum absolute atomic E-state index is 0.253. The van der Waals surface area contributed by atoms with Gasteiger partial charge in [0.25, 0.3) is 5.91 Å². The van der Waals surface area contributed by atoms with E-state index in [1.54, 1.807) is 16.5 Å². The van der Waals surface area contributed by atoms with Gasteiger partial charge < -0.3 is 5.32 Å². The maximum Gasteiger partial charge on any atom is 0.287 e. The Hall–Kier alpha value is -2.53. The summed E-state index contributed by atoms with van der Waals surface area (Å²) >= 11 is 18.3. The SMILES string of the molecule is O=C(NCCc1ccc(Cl)cc1)c1nc(-c2ccc(Cl)cc2Cl)c2ccccn12. The summed E-state index contributed by atoms with van der Waals surface area (Å²) in [5.41, 5.74) is 3.24. The molecule has 7 heteroatoms. The van der Waals surface area contributed by atoms with Crippen LogP contribution in [0.1, 0.15) is 16.2 Å². The van der Waals surface area contributed by atoms with Gasteiger partial charge in [0, 0.05) is 28.4 Å². The summed E-state index contributed by atoms with van der Waals surface area (Å²) in [6, 6.07) is 18.4. The topological polar surface area (TPSA) is 46.4 Å². The first kappa shape index (κ1) is 19.8. The first-order valence-electron chi connectivity index (χ1n) is 8.98. The van der Waals surface area contributed by atoms with E-state index in [0.717, 1.165) is 16.6 Å². The van der Waals surface area contributed by atoms with Crippen molar-refractivity contribution in [1.82, 2.24) is 14.7 Å². The Bertz CT molecular complexity index is 1190. The fraction of sp³-hybridized carbons (Fsp3) is 0.0909. The molecule has 4 nitrogen and oxygen atoms in total. The maximum atomic E-state index is 12.8. The molecule has 29 heavy (non-hydrogen) atoms. The summed E-state index contributed by atoms with van der Waals surface area (Å²) in [5.74, 6) is 0.0502. The van der Waals surface area contributed by atoms with Gasteiger partial charge in [-0.25, -0.2) is 4.98 Å². The van der Waals surface area contributed by atoms with Gasteiger partial charge in [0.2, 0.25) is 5.82 Å². The number of carbonyl (C=O) groups excluding carboxylic acids is 1. The number of rotatable bonds is 5. The van der Waals surface area contributed by atoms with Crippen LogP contribution in [0.2, 0.25) is 15.1 Å². The Kier molecular flexibility index (Phi) is 5.76. The van der Waals surface area contributed by atoms with Crippen LogP contribution in [0.25, 0.3) is 16.8 Å². The van der Waals surface area contributed by atoms with Crippen LogP contribution in [0.4, 0.5) is 0 Å².